The van der Waals surface area contributed by atoms with Gasteiger partial charge >= 0.3 is 0 Å². The summed E-state index contributed by atoms with van der Waals surface area (Å²) in [5.74, 6) is 0.101. The van der Waals surface area contributed by atoms with Crippen LogP contribution in [-0.4, -0.2) is 24.2 Å². The zero-order chi connectivity index (χ0) is 15.5. The minimum Gasteiger partial charge on any atom is -0.396 e. The molecule has 1 fully saturated rings. The van der Waals surface area contributed by atoms with Crippen LogP contribution in [-0.2, 0) is 10.2 Å². The van der Waals surface area contributed by atoms with Gasteiger partial charge in [0.15, 0.2) is 0 Å². The Morgan fingerprint density at radius 2 is 1.86 bits per heavy atom. The number of nitrogens with one attached hydrogen (secondary N) is 1. The lowest BCUT2D eigenvalue weighted by Gasteiger charge is -2.30. The highest BCUT2D eigenvalue weighted by atomic mass is 79.9. The summed E-state index contributed by atoms with van der Waals surface area (Å²) in [6, 6.07) is 8.02. The fourth-order valence-corrected chi connectivity index (χ4v) is 3.02. The number of amides is 1. The average Bonchev–Trinajstić information content (AvgIpc) is 3.31. The van der Waals surface area contributed by atoms with Gasteiger partial charge in [0.05, 0.1) is 12.0 Å². The van der Waals surface area contributed by atoms with Crippen LogP contribution in [0.25, 0.3) is 0 Å². The number of halogens is 1. The molecule has 0 radical (unpaired) electrons. The van der Waals surface area contributed by atoms with Crippen molar-refractivity contribution in [3.8, 4) is 0 Å². The summed E-state index contributed by atoms with van der Waals surface area (Å²) in [7, 11) is 0. The van der Waals surface area contributed by atoms with E-state index in [0.717, 1.165) is 35.7 Å². The highest BCUT2D eigenvalue weighted by molar-refractivity contribution is 9.10. The van der Waals surface area contributed by atoms with E-state index in [1.165, 1.54) is 0 Å². The molecule has 1 aliphatic carbocycles. The van der Waals surface area contributed by atoms with E-state index in [-0.39, 0.29) is 23.3 Å². The van der Waals surface area contributed by atoms with Gasteiger partial charge in [0, 0.05) is 16.4 Å². The molecular weight excluding hydrogens is 330 g/mol. The predicted octanol–water partition coefficient (Wildman–Crippen LogP) is 3.40. The van der Waals surface area contributed by atoms with Crippen LogP contribution in [0.4, 0.5) is 0 Å². The first-order chi connectivity index (χ1) is 10.0. The Balaban J connectivity index is 2.05. The summed E-state index contributed by atoms with van der Waals surface area (Å²) < 4.78 is 1.03. The molecule has 4 heteroatoms. The standard InChI is InChI=1S/C17H24BrNO2/c1-3-16(4-2,12-20)11-19-15(21)17(9-10-17)13-5-7-14(18)8-6-13/h5-8,20H,3-4,9-12H2,1-2H3,(H,19,21). The lowest BCUT2D eigenvalue weighted by atomic mass is 9.83. The van der Waals surface area contributed by atoms with Gasteiger partial charge in [-0.15, -0.1) is 0 Å². The van der Waals surface area contributed by atoms with Crippen molar-refractivity contribution in [2.24, 2.45) is 5.41 Å². The Labute approximate surface area is 135 Å². The zero-order valence-corrected chi connectivity index (χ0v) is 14.4. The van der Waals surface area contributed by atoms with Crippen molar-refractivity contribution >= 4 is 21.8 Å². The molecule has 21 heavy (non-hydrogen) atoms. The molecule has 0 unspecified atom stereocenters. The average molecular weight is 354 g/mol. The molecule has 0 bridgehead atoms. The van der Waals surface area contributed by atoms with Crippen LogP contribution < -0.4 is 5.32 Å². The van der Waals surface area contributed by atoms with Gasteiger partial charge in [-0.05, 0) is 43.4 Å². The summed E-state index contributed by atoms with van der Waals surface area (Å²) in [4.78, 5) is 12.6. The molecule has 1 aromatic carbocycles. The predicted molar refractivity (Wildman–Crippen MR) is 88.2 cm³/mol. The third-order valence-electron chi connectivity index (χ3n) is 5.04. The van der Waals surface area contributed by atoms with Crippen molar-refractivity contribution in [2.45, 2.75) is 44.9 Å². The Morgan fingerprint density at radius 3 is 2.29 bits per heavy atom. The maximum atomic E-state index is 12.6. The number of aliphatic hydroxyl groups is 1. The molecule has 2 rings (SSSR count). The molecule has 1 amide bonds. The summed E-state index contributed by atoms with van der Waals surface area (Å²) >= 11 is 3.43. The van der Waals surface area contributed by atoms with Gasteiger partial charge in [0.25, 0.3) is 0 Å². The fraction of sp³-hybridized carbons (Fsp3) is 0.588. The molecule has 0 atom stereocenters. The van der Waals surface area contributed by atoms with Crippen molar-refractivity contribution in [3.63, 3.8) is 0 Å². The van der Waals surface area contributed by atoms with Crippen molar-refractivity contribution in [2.75, 3.05) is 13.2 Å². The number of rotatable bonds is 7. The maximum absolute atomic E-state index is 12.6. The molecule has 1 aromatic rings. The number of hydrogen-bond donors (Lipinski definition) is 2. The van der Waals surface area contributed by atoms with Crippen LogP contribution in [0.1, 0.15) is 45.1 Å². The first-order valence-electron chi connectivity index (χ1n) is 7.67. The highest BCUT2D eigenvalue weighted by Crippen LogP contribution is 2.48. The summed E-state index contributed by atoms with van der Waals surface area (Å²) in [6.07, 6.45) is 3.55. The van der Waals surface area contributed by atoms with Crippen molar-refractivity contribution in [1.29, 1.82) is 0 Å². The van der Waals surface area contributed by atoms with Gasteiger partial charge in [0.1, 0.15) is 0 Å². The summed E-state index contributed by atoms with van der Waals surface area (Å²) in [5.41, 5.74) is 0.556. The smallest absolute Gasteiger partial charge is 0.230 e. The number of hydrogen-bond acceptors (Lipinski definition) is 2. The maximum Gasteiger partial charge on any atom is 0.230 e. The fourth-order valence-electron chi connectivity index (χ4n) is 2.76. The second kappa shape index (κ2) is 6.49. The molecular formula is C17H24BrNO2. The Kier molecular flexibility index (Phi) is 5.10. The van der Waals surface area contributed by atoms with Crippen LogP contribution in [0.5, 0.6) is 0 Å². The van der Waals surface area contributed by atoms with Crippen LogP contribution in [0.3, 0.4) is 0 Å². The lowest BCUT2D eigenvalue weighted by molar-refractivity contribution is -0.124. The summed E-state index contributed by atoms with van der Waals surface area (Å²) in [6.45, 7) is 4.79. The number of aliphatic hydroxyl groups excluding tert-OH is 1. The van der Waals surface area contributed by atoms with E-state index in [9.17, 15) is 9.90 Å². The number of carbonyl (C=O) groups is 1. The normalized spacial score (nSPS) is 16.6. The van der Waals surface area contributed by atoms with E-state index >= 15 is 0 Å². The van der Waals surface area contributed by atoms with Crippen LogP contribution >= 0.6 is 15.9 Å². The van der Waals surface area contributed by atoms with E-state index in [0.29, 0.717) is 6.54 Å². The monoisotopic (exact) mass is 353 g/mol. The molecule has 0 aliphatic heterocycles. The Bertz CT molecular complexity index is 482. The van der Waals surface area contributed by atoms with E-state index in [1.54, 1.807) is 0 Å². The second-order valence-corrected chi connectivity index (χ2v) is 7.05. The minimum atomic E-state index is -0.344. The van der Waals surface area contributed by atoms with Gasteiger partial charge in [0.2, 0.25) is 5.91 Å². The van der Waals surface area contributed by atoms with Gasteiger partial charge in [-0.25, -0.2) is 0 Å². The number of carbonyl (C=O) groups excluding carboxylic acids is 1. The third-order valence-corrected chi connectivity index (χ3v) is 5.57. The first kappa shape index (κ1) is 16.5. The largest absolute Gasteiger partial charge is 0.396 e. The van der Waals surface area contributed by atoms with Crippen molar-refractivity contribution in [1.82, 2.24) is 5.32 Å². The van der Waals surface area contributed by atoms with Gasteiger partial charge in [-0.2, -0.15) is 0 Å². The van der Waals surface area contributed by atoms with Gasteiger partial charge in [-0.1, -0.05) is 41.9 Å². The minimum absolute atomic E-state index is 0.101. The van der Waals surface area contributed by atoms with Crippen molar-refractivity contribution in [3.05, 3.63) is 34.3 Å². The molecule has 0 saturated heterocycles. The summed E-state index contributed by atoms with van der Waals surface area (Å²) in [5, 5.41) is 12.7. The third kappa shape index (κ3) is 3.32. The first-order valence-corrected chi connectivity index (χ1v) is 8.46. The number of benzene rings is 1. The molecule has 3 nitrogen and oxygen atoms in total. The van der Waals surface area contributed by atoms with E-state index in [4.69, 9.17) is 0 Å². The zero-order valence-electron chi connectivity index (χ0n) is 12.8. The van der Waals surface area contributed by atoms with Gasteiger partial charge < -0.3 is 10.4 Å². The van der Waals surface area contributed by atoms with E-state index < -0.39 is 0 Å². The van der Waals surface area contributed by atoms with E-state index in [2.05, 4.69) is 35.1 Å². The molecule has 0 spiro atoms. The van der Waals surface area contributed by atoms with Crippen LogP contribution in [0, 0.1) is 5.41 Å². The quantitative estimate of drug-likeness (QED) is 0.789. The lowest BCUT2D eigenvalue weighted by Crippen LogP contribution is -2.43. The van der Waals surface area contributed by atoms with Crippen LogP contribution in [0.2, 0.25) is 0 Å². The molecule has 0 aromatic heterocycles. The molecule has 2 N–H and O–H groups in total. The van der Waals surface area contributed by atoms with Gasteiger partial charge in [-0.3, -0.25) is 4.79 Å². The molecule has 1 aliphatic rings. The molecule has 1 saturated carbocycles. The Morgan fingerprint density at radius 1 is 1.29 bits per heavy atom. The van der Waals surface area contributed by atoms with Crippen LogP contribution in [0.15, 0.2) is 28.7 Å². The molecule has 116 valence electrons. The Hall–Kier alpha value is -0.870. The SMILES string of the molecule is CCC(CC)(CO)CNC(=O)C1(c2ccc(Br)cc2)CC1. The van der Waals surface area contributed by atoms with E-state index in [1.807, 2.05) is 24.3 Å². The highest BCUT2D eigenvalue weighted by Gasteiger charge is 2.51. The van der Waals surface area contributed by atoms with Crippen molar-refractivity contribution < 1.29 is 9.90 Å². The topological polar surface area (TPSA) is 49.3 Å². The molecule has 0 heterocycles. The second-order valence-electron chi connectivity index (χ2n) is 6.14.